The first-order valence-electron chi connectivity index (χ1n) is 9.65. The first-order chi connectivity index (χ1) is 15.0. The van der Waals surface area contributed by atoms with Crippen molar-refractivity contribution in [3.05, 3.63) is 88.7 Å². The predicted molar refractivity (Wildman–Crippen MR) is 120 cm³/mol. The number of allylic oxidation sites excluding steroid dienone is 1. The van der Waals surface area contributed by atoms with Gasteiger partial charge in [-0.25, -0.2) is 4.39 Å². The fraction of sp³-hybridized carbons (Fsp3) is 0.125. The maximum Gasteiger partial charge on any atom is 0.234 e. The second-order valence-corrected chi connectivity index (χ2v) is 8.07. The first-order valence-corrected chi connectivity index (χ1v) is 10.6. The number of fused-ring (bicyclic) bond motifs is 1. The molecular formula is C24H18FN3O2S. The van der Waals surface area contributed by atoms with Crippen LogP contribution in [0.15, 0.2) is 77.3 Å². The van der Waals surface area contributed by atoms with Crippen molar-refractivity contribution in [3.8, 4) is 6.07 Å². The molecule has 0 saturated carbocycles. The Morgan fingerprint density at radius 3 is 2.65 bits per heavy atom. The fourth-order valence-corrected chi connectivity index (χ4v) is 4.44. The zero-order valence-corrected chi connectivity index (χ0v) is 17.2. The van der Waals surface area contributed by atoms with E-state index in [2.05, 4.69) is 16.7 Å². The van der Waals surface area contributed by atoms with Crippen molar-refractivity contribution in [1.29, 1.82) is 5.26 Å². The van der Waals surface area contributed by atoms with Gasteiger partial charge in [0.2, 0.25) is 11.8 Å². The number of nitrogens with zero attached hydrogens (tertiary/aromatic N) is 1. The van der Waals surface area contributed by atoms with Gasteiger partial charge in [0.1, 0.15) is 5.82 Å². The van der Waals surface area contributed by atoms with Crippen LogP contribution in [0, 0.1) is 17.1 Å². The Morgan fingerprint density at radius 1 is 1.13 bits per heavy atom. The van der Waals surface area contributed by atoms with Crippen LogP contribution in [0.4, 0.5) is 10.1 Å². The minimum absolute atomic E-state index is 0.00237. The van der Waals surface area contributed by atoms with E-state index in [1.807, 2.05) is 42.5 Å². The monoisotopic (exact) mass is 431 g/mol. The smallest absolute Gasteiger partial charge is 0.234 e. The molecule has 0 fully saturated rings. The number of hydrogen-bond acceptors (Lipinski definition) is 4. The summed E-state index contributed by atoms with van der Waals surface area (Å²) >= 11 is 1.06. The van der Waals surface area contributed by atoms with Gasteiger partial charge < -0.3 is 10.6 Å². The molecule has 0 radical (unpaired) electrons. The van der Waals surface area contributed by atoms with E-state index in [0.717, 1.165) is 22.5 Å². The number of thioether (sulfide) groups is 1. The van der Waals surface area contributed by atoms with Gasteiger partial charge in [-0.15, -0.1) is 0 Å². The third-order valence-corrected chi connectivity index (χ3v) is 6.03. The molecule has 0 unspecified atom stereocenters. The van der Waals surface area contributed by atoms with Crippen LogP contribution in [-0.4, -0.2) is 17.6 Å². The Kier molecular flexibility index (Phi) is 6.01. The van der Waals surface area contributed by atoms with Crippen LogP contribution in [0.1, 0.15) is 17.9 Å². The molecule has 1 atom stereocenters. The number of nitrogens with one attached hydrogen (secondary N) is 2. The van der Waals surface area contributed by atoms with E-state index >= 15 is 0 Å². The second kappa shape index (κ2) is 9.02. The number of carbonyl (C=O) groups excluding carboxylic acids is 2. The highest BCUT2D eigenvalue weighted by molar-refractivity contribution is 8.03. The fourth-order valence-electron chi connectivity index (χ4n) is 3.56. The lowest BCUT2D eigenvalue weighted by Gasteiger charge is -2.25. The van der Waals surface area contributed by atoms with E-state index in [1.54, 1.807) is 18.2 Å². The lowest BCUT2D eigenvalue weighted by atomic mass is 9.87. The van der Waals surface area contributed by atoms with Gasteiger partial charge in [0, 0.05) is 18.0 Å². The van der Waals surface area contributed by atoms with E-state index in [1.165, 1.54) is 6.07 Å². The lowest BCUT2D eigenvalue weighted by Crippen LogP contribution is -2.31. The quantitative estimate of drug-likeness (QED) is 0.614. The zero-order valence-electron chi connectivity index (χ0n) is 16.4. The number of rotatable bonds is 5. The average molecular weight is 431 g/mol. The Hall–Kier alpha value is -3.63. The number of nitriles is 1. The van der Waals surface area contributed by atoms with Gasteiger partial charge in [0.05, 0.1) is 22.4 Å². The molecule has 0 aliphatic carbocycles. The van der Waals surface area contributed by atoms with Crippen LogP contribution in [0.2, 0.25) is 0 Å². The summed E-state index contributed by atoms with van der Waals surface area (Å²) in [6.07, 6.45) is -0.0167. The standard InChI is InChI=1S/C24H18FN3O2S/c25-21-8-4-3-7-18(21)19-12-22(29)28-24(20(19)13-26)31-14-23(30)27-17-10-9-15-5-1-2-6-16(15)11-17/h1-11,19H,12,14H2,(H,27,30)(H,28,29)/t19-/m0/s1. The number of carbonyl (C=O) groups is 2. The number of halogens is 1. The van der Waals surface area contributed by atoms with Gasteiger partial charge >= 0.3 is 0 Å². The molecule has 4 rings (SSSR count). The minimum atomic E-state index is -0.675. The molecule has 1 heterocycles. The summed E-state index contributed by atoms with van der Waals surface area (Å²) in [6.45, 7) is 0. The molecule has 2 N–H and O–H groups in total. The summed E-state index contributed by atoms with van der Waals surface area (Å²) in [5, 5.41) is 17.5. The maximum absolute atomic E-state index is 14.3. The van der Waals surface area contributed by atoms with Gasteiger partial charge in [-0.05, 0) is 34.5 Å². The van der Waals surface area contributed by atoms with Crippen LogP contribution in [-0.2, 0) is 9.59 Å². The van der Waals surface area contributed by atoms with Crippen LogP contribution >= 0.6 is 11.8 Å². The third-order valence-electron chi connectivity index (χ3n) is 5.02. The van der Waals surface area contributed by atoms with Crippen molar-refractivity contribution in [2.45, 2.75) is 12.3 Å². The highest BCUT2D eigenvalue weighted by Crippen LogP contribution is 2.36. The van der Waals surface area contributed by atoms with Crippen molar-refractivity contribution < 1.29 is 14.0 Å². The highest BCUT2D eigenvalue weighted by Gasteiger charge is 2.31. The van der Waals surface area contributed by atoms with Crippen LogP contribution in [0.25, 0.3) is 10.8 Å². The molecular weight excluding hydrogens is 413 g/mol. The van der Waals surface area contributed by atoms with Crippen molar-refractivity contribution in [3.63, 3.8) is 0 Å². The Bertz CT molecular complexity index is 1250. The summed E-state index contributed by atoms with van der Waals surface area (Å²) in [6, 6.07) is 21.7. The van der Waals surface area contributed by atoms with Gasteiger partial charge in [-0.2, -0.15) is 5.26 Å². The topological polar surface area (TPSA) is 82.0 Å². The first kappa shape index (κ1) is 20.6. The van der Waals surface area contributed by atoms with Crippen molar-refractivity contribution in [1.82, 2.24) is 5.32 Å². The van der Waals surface area contributed by atoms with E-state index in [-0.39, 0.29) is 29.6 Å². The molecule has 0 aromatic heterocycles. The van der Waals surface area contributed by atoms with Gasteiger partial charge in [-0.1, -0.05) is 60.3 Å². The predicted octanol–water partition coefficient (Wildman–Crippen LogP) is 4.69. The number of hydrogen-bond donors (Lipinski definition) is 2. The SMILES string of the molecule is N#CC1=C(SCC(=O)Nc2ccc3ccccc3c2)NC(=O)C[C@H]1c1ccccc1F. The molecule has 3 aromatic rings. The van der Waals surface area contributed by atoms with Gasteiger partial charge in [0.15, 0.2) is 0 Å². The van der Waals surface area contributed by atoms with Gasteiger partial charge in [-0.3, -0.25) is 9.59 Å². The Balaban J connectivity index is 1.50. The summed E-state index contributed by atoms with van der Waals surface area (Å²) in [5.41, 5.74) is 1.22. The largest absolute Gasteiger partial charge is 0.325 e. The average Bonchev–Trinajstić information content (AvgIpc) is 2.77. The molecule has 2 amide bonds. The third kappa shape index (κ3) is 4.60. The van der Waals surface area contributed by atoms with Crippen LogP contribution in [0.5, 0.6) is 0 Å². The summed E-state index contributed by atoms with van der Waals surface area (Å²) in [4.78, 5) is 24.7. The van der Waals surface area contributed by atoms with E-state index < -0.39 is 11.7 Å². The summed E-state index contributed by atoms with van der Waals surface area (Å²) < 4.78 is 14.3. The maximum atomic E-state index is 14.3. The van der Waals surface area contributed by atoms with Crippen molar-refractivity contribution >= 4 is 40.0 Å². The Labute approximate surface area is 182 Å². The minimum Gasteiger partial charge on any atom is -0.325 e. The van der Waals surface area contributed by atoms with Gasteiger partial charge in [0.25, 0.3) is 0 Å². The molecule has 31 heavy (non-hydrogen) atoms. The van der Waals surface area contributed by atoms with Crippen molar-refractivity contribution in [2.24, 2.45) is 0 Å². The second-order valence-electron chi connectivity index (χ2n) is 7.08. The molecule has 7 heteroatoms. The highest BCUT2D eigenvalue weighted by atomic mass is 32.2. The van der Waals surface area contributed by atoms with E-state index in [4.69, 9.17) is 0 Å². The van der Waals surface area contributed by atoms with E-state index in [9.17, 15) is 19.2 Å². The molecule has 1 aliphatic rings. The number of benzene rings is 3. The van der Waals surface area contributed by atoms with Crippen LogP contribution < -0.4 is 10.6 Å². The van der Waals surface area contributed by atoms with Crippen LogP contribution in [0.3, 0.4) is 0 Å². The molecule has 5 nitrogen and oxygen atoms in total. The number of amides is 2. The molecule has 0 saturated heterocycles. The molecule has 154 valence electrons. The molecule has 1 aliphatic heterocycles. The lowest BCUT2D eigenvalue weighted by molar-refractivity contribution is -0.121. The normalized spacial score (nSPS) is 16.0. The van der Waals surface area contributed by atoms with Crippen molar-refractivity contribution in [2.75, 3.05) is 11.1 Å². The van der Waals surface area contributed by atoms with E-state index in [0.29, 0.717) is 16.3 Å². The molecule has 0 spiro atoms. The zero-order chi connectivity index (χ0) is 21.8. The summed E-state index contributed by atoms with van der Waals surface area (Å²) in [5.74, 6) is -1.73. The molecule has 3 aromatic carbocycles. The molecule has 0 bridgehead atoms. The Morgan fingerprint density at radius 2 is 1.87 bits per heavy atom. The number of anilines is 1. The summed E-state index contributed by atoms with van der Waals surface area (Å²) in [7, 11) is 0.